The van der Waals surface area contributed by atoms with Gasteiger partial charge in [-0.25, -0.2) is 0 Å². The fraction of sp³-hybridized carbons (Fsp3) is 0.467. The molecule has 0 saturated carbocycles. The quantitative estimate of drug-likeness (QED) is 0.792. The van der Waals surface area contributed by atoms with Crippen molar-refractivity contribution in [1.29, 1.82) is 0 Å². The molecule has 6 nitrogen and oxygen atoms in total. The van der Waals surface area contributed by atoms with Crippen LogP contribution in [0.5, 0.6) is 11.5 Å². The van der Waals surface area contributed by atoms with Crippen LogP contribution in [0.2, 0.25) is 0 Å². The summed E-state index contributed by atoms with van der Waals surface area (Å²) < 4.78 is 73.1. The molecule has 1 aliphatic heterocycles. The van der Waals surface area contributed by atoms with Crippen LogP contribution in [-0.4, -0.2) is 54.9 Å². The lowest BCUT2D eigenvalue weighted by molar-refractivity contribution is -0.227. The molecule has 1 N–H and O–H groups in total. The maximum atomic E-state index is 13.2. The van der Waals surface area contributed by atoms with Gasteiger partial charge in [-0.15, -0.1) is 0 Å². The number of rotatable bonds is 5. The first-order chi connectivity index (χ1) is 12.0. The first-order valence-corrected chi connectivity index (χ1v) is 7.24. The van der Waals surface area contributed by atoms with Crippen LogP contribution in [0.25, 0.3) is 0 Å². The maximum absolute atomic E-state index is 13.2. The minimum atomic E-state index is -5.03. The number of ether oxygens (including phenoxy) is 2. The Morgan fingerprint density at radius 3 is 2.38 bits per heavy atom. The number of benzene rings is 1. The van der Waals surface area contributed by atoms with Crippen molar-refractivity contribution in [3.05, 3.63) is 23.8 Å². The second-order valence-corrected chi connectivity index (χ2v) is 5.61. The number of nitrogens with zero attached hydrogens (tertiary/aromatic N) is 1. The SMILES string of the molecule is COc1cc(C(=O)N2CCC(C(=O)O)(C(F)(F)F)C2)ccc1OC(F)F. The molecule has 1 atom stereocenters. The van der Waals surface area contributed by atoms with E-state index in [2.05, 4.69) is 4.74 Å². The van der Waals surface area contributed by atoms with Gasteiger partial charge in [-0.3, -0.25) is 9.59 Å². The average Bonchev–Trinajstić information content (AvgIpc) is 3.00. The Labute approximate surface area is 144 Å². The van der Waals surface area contributed by atoms with E-state index in [1.807, 2.05) is 0 Å². The van der Waals surface area contributed by atoms with E-state index >= 15 is 0 Å². The van der Waals surface area contributed by atoms with Crippen LogP contribution in [0.15, 0.2) is 18.2 Å². The van der Waals surface area contributed by atoms with Crippen LogP contribution in [0, 0.1) is 5.41 Å². The number of likely N-dealkylation sites (tertiary alicyclic amines) is 1. The zero-order valence-corrected chi connectivity index (χ0v) is 13.3. The third kappa shape index (κ3) is 3.51. The summed E-state index contributed by atoms with van der Waals surface area (Å²) in [6.07, 6.45) is -5.80. The third-order valence-corrected chi connectivity index (χ3v) is 4.14. The fourth-order valence-electron chi connectivity index (χ4n) is 2.69. The van der Waals surface area contributed by atoms with Crippen LogP contribution in [-0.2, 0) is 4.79 Å². The van der Waals surface area contributed by atoms with Gasteiger partial charge in [-0.1, -0.05) is 0 Å². The molecule has 1 saturated heterocycles. The van der Waals surface area contributed by atoms with Crippen LogP contribution in [0.1, 0.15) is 16.8 Å². The summed E-state index contributed by atoms with van der Waals surface area (Å²) in [6, 6.07) is 3.13. The standard InChI is InChI=1S/C15H14F5NO5/c1-25-10-6-8(2-3-9(10)26-13(16)17)11(22)21-5-4-14(7-21,12(23)24)15(18,19)20/h2-3,6,13H,4-5,7H2,1H3,(H,23,24). The molecule has 1 aliphatic rings. The lowest BCUT2D eigenvalue weighted by Gasteiger charge is -2.27. The summed E-state index contributed by atoms with van der Waals surface area (Å²) in [5.74, 6) is -3.50. The number of methoxy groups -OCH3 is 1. The summed E-state index contributed by atoms with van der Waals surface area (Å²) in [7, 11) is 1.14. The molecule has 1 aromatic carbocycles. The van der Waals surface area contributed by atoms with Gasteiger partial charge < -0.3 is 19.5 Å². The summed E-state index contributed by atoms with van der Waals surface area (Å²) in [5.41, 5.74) is -3.18. The lowest BCUT2D eigenvalue weighted by atomic mass is 9.86. The number of carbonyl (C=O) groups excluding carboxylic acids is 1. The highest BCUT2D eigenvalue weighted by Crippen LogP contribution is 2.46. The molecular formula is C15H14F5NO5. The summed E-state index contributed by atoms with van der Waals surface area (Å²) >= 11 is 0. The van der Waals surface area contributed by atoms with Gasteiger partial charge in [0, 0.05) is 18.7 Å². The normalized spacial score (nSPS) is 20.3. The smallest absolute Gasteiger partial charge is 0.406 e. The van der Waals surface area contributed by atoms with Gasteiger partial charge in [0.25, 0.3) is 5.91 Å². The maximum Gasteiger partial charge on any atom is 0.406 e. The van der Waals surface area contributed by atoms with E-state index in [0.29, 0.717) is 0 Å². The van der Waals surface area contributed by atoms with Crippen molar-refractivity contribution < 1.29 is 46.1 Å². The van der Waals surface area contributed by atoms with Crippen LogP contribution in [0.4, 0.5) is 22.0 Å². The second-order valence-electron chi connectivity index (χ2n) is 5.61. The van der Waals surface area contributed by atoms with Crippen molar-refractivity contribution in [1.82, 2.24) is 4.90 Å². The van der Waals surface area contributed by atoms with E-state index in [-0.39, 0.29) is 17.1 Å². The van der Waals surface area contributed by atoms with Crippen LogP contribution in [0.3, 0.4) is 0 Å². The van der Waals surface area contributed by atoms with Crippen LogP contribution >= 0.6 is 0 Å². The third-order valence-electron chi connectivity index (χ3n) is 4.14. The summed E-state index contributed by atoms with van der Waals surface area (Å²) in [5, 5.41) is 9.01. The van der Waals surface area contributed by atoms with Gasteiger partial charge >= 0.3 is 18.8 Å². The van der Waals surface area contributed by atoms with Gasteiger partial charge in [0.15, 0.2) is 16.9 Å². The van der Waals surface area contributed by atoms with Crippen molar-refractivity contribution in [3.8, 4) is 11.5 Å². The average molecular weight is 383 g/mol. The highest BCUT2D eigenvalue weighted by atomic mass is 19.4. The Morgan fingerprint density at radius 2 is 1.92 bits per heavy atom. The number of carboxylic acids is 1. The highest BCUT2D eigenvalue weighted by Gasteiger charge is 2.64. The molecule has 1 aromatic rings. The van der Waals surface area contributed by atoms with Gasteiger partial charge in [0.05, 0.1) is 7.11 Å². The Bertz CT molecular complexity index is 708. The molecular weight excluding hydrogens is 369 g/mol. The molecule has 0 aromatic heterocycles. The molecule has 2 rings (SSSR count). The minimum absolute atomic E-state index is 0.146. The second kappa shape index (κ2) is 6.96. The number of alkyl halides is 5. The number of halogens is 5. The van der Waals surface area contributed by atoms with Crippen molar-refractivity contribution in [2.75, 3.05) is 20.2 Å². The number of carbonyl (C=O) groups is 2. The Balaban J connectivity index is 2.26. The first-order valence-electron chi connectivity index (χ1n) is 7.24. The molecule has 0 aliphatic carbocycles. The van der Waals surface area contributed by atoms with Crippen molar-refractivity contribution in [2.24, 2.45) is 5.41 Å². The van der Waals surface area contributed by atoms with E-state index in [9.17, 15) is 31.5 Å². The molecule has 144 valence electrons. The van der Waals surface area contributed by atoms with E-state index in [4.69, 9.17) is 9.84 Å². The Hall–Kier alpha value is -2.59. The number of hydrogen-bond donors (Lipinski definition) is 1. The number of amides is 1. The minimum Gasteiger partial charge on any atom is -0.493 e. The zero-order valence-electron chi connectivity index (χ0n) is 13.3. The van der Waals surface area contributed by atoms with Crippen molar-refractivity contribution in [3.63, 3.8) is 0 Å². The molecule has 0 bridgehead atoms. The molecule has 1 fully saturated rings. The molecule has 1 amide bonds. The Kier molecular flexibility index (Phi) is 5.28. The fourth-order valence-corrected chi connectivity index (χ4v) is 2.69. The molecule has 11 heteroatoms. The largest absolute Gasteiger partial charge is 0.493 e. The predicted molar refractivity (Wildman–Crippen MR) is 76.3 cm³/mol. The van der Waals surface area contributed by atoms with Gasteiger partial charge in [0.2, 0.25) is 0 Å². The van der Waals surface area contributed by atoms with Crippen molar-refractivity contribution >= 4 is 11.9 Å². The van der Waals surface area contributed by atoms with E-state index in [1.165, 1.54) is 0 Å². The molecule has 1 heterocycles. The predicted octanol–water partition coefficient (Wildman–Crippen LogP) is 2.78. The topological polar surface area (TPSA) is 76.1 Å². The molecule has 26 heavy (non-hydrogen) atoms. The van der Waals surface area contributed by atoms with Crippen molar-refractivity contribution in [2.45, 2.75) is 19.2 Å². The summed E-state index contributed by atoms with van der Waals surface area (Å²) in [4.78, 5) is 24.3. The number of hydrogen-bond acceptors (Lipinski definition) is 4. The highest BCUT2D eigenvalue weighted by molar-refractivity contribution is 5.95. The Morgan fingerprint density at radius 1 is 1.27 bits per heavy atom. The van der Waals surface area contributed by atoms with E-state index in [0.717, 1.165) is 30.2 Å². The summed E-state index contributed by atoms with van der Waals surface area (Å²) in [6.45, 7) is -4.59. The van der Waals surface area contributed by atoms with Crippen LogP contribution < -0.4 is 9.47 Å². The van der Waals surface area contributed by atoms with E-state index in [1.54, 1.807) is 0 Å². The van der Waals surface area contributed by atoms with Gasteiger partial charge in [-0.05, 0) is 24.6 Å². The first kappa shape index (κ1) is 19.7. The van der Waals surface area contributed by atoms with Gasteiger partial charge in [0.1, 0.15) is 0 Å². The van der Waals surface area contributed by atoms with E-state index < -0.39 is 49.6 Å². The monoisotopic (exact) mass is 383 g/mol. The molecule has 1 unspecified atom stereocenters. The molecule has 0 spiro atoms. The lowest BCUT2D eigenvalue weighted by Crippen LogP contribution is -2.47. The zero-order chi connectivity index (χ0) is 19.7. The number of aliphatic carboxylic acids is 1. The van der Waals surface area contributed by atoms with Gasteiger partial charge in [-0.2, -0.15) is 22.0 Å². The molecule has 0 radical (unpaired) electrons. The number of carboxylic acid groups (broad SMARTS) is 1.